The third-order valence-electron chi connectivity index (χ3n) is 3.54. The number of nitrogens with one attached hydrogen (secondary N) is 2. The van der Waals surface area contributed by atoms with Gasteiger partial charge in [-0.2, -0.15) is 9.93 Å². The van der Waals surface area contributed by atoms with Crippen LogP contribution in [0.25, 0.3) is 5.69 Å². The van der Waals surface area contributed by atoms with Crippen molar-refractivity contribution >= 4 is 17.9 Å². The second kappa shape index (κ2) is 7.50. The maximum atomic E-state index is 14.4. The zero-order valence-electron chi connectivity index (χ0n) is 13.8. The molecule has 0 bridgehead atoms. The monoisotopic (exact) mass is 356 g/mol. The van der Waals surface area contributed by atoms with Gasteiger partial charge in [0.2, 0.25) is 0 Å². The second-order valence-electron chi connectivity index (χ2n) is 5.56. The molecular weight excluding hydrogens is 339 g/mol. The molecule has 0 saturated heterocycles. The summed E-state index contributed by atoms with van der Waals surface area (Å²) in [5.41, 5.74) is 4.46. The molecule has 1 aromatic heterocycles. The van der Waals surface area contributed by atoms with Crippen molar-refractivity contribution in [3.63, 3.8) is 0 Å². The number of benzene rings is 2. The van der Waals surface area contributed by atoms with Crippen molar-refractivity contribution in [1.82, 2.24) is 20.0 Å². The number of carbonyl (C=O) groups excluding carboxylic acids is 1. The summed E-state index contributed by atoms with van der Waals surface area (Å²) in [5, 5.41) is 4.20. The van der Waals surface area contributed by atoms with Gasteiger partial charge in [-0.3, -0.25) is 10.2 Å². The summed E-state index contributed by atoms with van der Waals surface area (Å²) < 4.78 is 16.0. The fraction of sp³-hybridized carbons (Fsp3) is 0.111. The Balaban J connectivity index is 1.76. The van der Waals surface area contributed by atoms with Crippen molar-refractivity contribution in [1.29, 1.82) is 0 Å². The molecule has 1 heterocycles. The molecular formula is C18H17FN4OS. The molecule has 0 fully saturated rings. The van der Waals surface area contributed by atoms with Gasteiger partial charge in [-0.05, 0) is 61.2 Å². The topological polar surface area (TPSA) is 59.0 Å². The van der Waals surface area contributed by atoms with Crippen molar-refractivity contribution < 1.29 is 9.18 Å². The molecule has 3 rings (SSSR count). The lowest BCUT2D eigenvalue weighted by molar-refractivity contribution is 0.0943. The SMILES string of the molecule is Cc1cnn(-c2cc(C)c(F)c(C(=O)NNSc3ccccc3)c2)c1. The number of aryl methyl sites for hydroxylation is 2. The summed E-state index contributed by atoms with van der Waals surface area (Å²) in [4.78, 5) is 16.0. The Morgan fingerprint density at radius 2 is 1.96 bits per heavy atom. The van der Waals surface area contributed by atoms with Gasteiger partial charge in [-0.25, -0.2) is 9.07 Å². The first-order chi connectivity index (χ1) is 12.0. The summed E-state index contributed by atoms with van der Waals surface area (Å²) in [5.74, 6) is -1.09. The van der Waals surface area contributed by atoms with Crippen LogP contribution in [0.15, 0.2) is 59.8 Å². The molecule has 0 radical (unpaired) electrons. The highest BCUT2D eigenvalue weighted by Gasteiger charge is 2.16. The van der Waals surface area contributed by atoms with Gasteiger partial charge < -0.3 is 0 Å². The van der Waals surface area contributed by atoms with Crippen LogP contribution in [0.2, 0.25) is 0 Å². The van der Waals surface area contributed by atoms with Gasteiger partial charge in [-0.15, -0.1) is 0 Å². The quantitative estimate of drug-likeness (QED) is 0.542. The lowest BCUT2D eigenvalue weighted by Crippen LogP contribution is -2.33. The van der Waals surface area contributed by atoms with Crippen LogP contribution in [0.4, 0.5) is 4.39 Å². The van der Waals surface area contributed by atoms with E-state index in [1.165, 1.54) is 18.0 Å². The van der Waals surface area contributed by atoms with Gasteiger partial charge in [0.1, 0.15) is 5.82 Å². The van der Waals surface area contributed by atoms with Crippen LogP contribution in [0, 0.1) is 19.7 Å². The lowest BCUT2D eigenvalue weighted by atomic mass is 10.1. The third-order valence-corrected chi connectivity index (χ3v) is 4.25. The Labute approximate surface area is 149 Å². The summed E-state index contributed by atoms with van der Waals surface area (Å²) in [7, 11) is 0. The highest BCUT2D eigenvalue weighted by Crippen LogP contribution is 2.19. The first-order valence-electron chi connectivity index (χ1n) is 7.63. The van der Waals surface area contributed by atoms with E-state index in [0.717, 1.165) is 10.5 Å². The van der Waals surface area contributed by atoms with Crippen LogP contribution >= 0.6 is 11.9 Å². The van der Waals surface area contributed by atoms with Crippen LogP contribution in [-0.2, 0) is 0 Å². The first-order valence-corrected chi connectivity index (χ1v) is 8.45. The molecule has 5 nitrogen and oxygen atoms in total. The number of nitrogens with zero attached hydrogens (tertiary/aromatic N) is 2. The Kier molecular flexibility index (Phi) is 5.16. The van der Waals surface area contributed by atoms with E-state index < -0.39 is 11.7 Å². The van der Waals surface area contributed by atoms with E-state index in [1.807, 2.05) is 43.5 Å². The lowest BCUT2D eigenvalue weighted by Gasteiger charge is -2.11. The van der Waals surface area contributed by atoms with Crippen molar-refractivity contribution in [2.45, 2.75) is 18.7 Å². The Bertz CT molecular complexity index is 895. The van der Waals surface area contributed by atoms with E-state index in [9.17, 15) is 9.18 Å². The molecule has 2 N–H and O–H groups in total. The average Bonchev–Trinajstić information content (AvgIpc) is 3.04. The normalized spacial score (nSPS) is 10.7. The molecule has 0 aliphatic carbocycles. The molecule has 128 valence electrons. The zero-order valence-corrected chi connectivity index (χ0v) is 14.6. The molecule has 25 heavy (non-hydrogen) atoms. The van der Waals surface area contributed by atoms with Crippen LogP contribution in [0.3, 0.4) is 0 Å². The summed E-state index contributed by atoms with van der Waals surface area (Å²) in [6, 6.07) is 12.6. The second-order valence-corrected chi connectivity index (χ2v) is 6.44. The van der Waals surface area contributed by atoms with Gasteiger partial charge in [0.25, 0.3) is 5.91 Å². The summed E-state index contributed by atoms with van der Waals surface area (Å²) in [6.07, 6.45) is 3.52. The fourth-order valence-corrected chi connectivity index (χ4v) is 2.84. The maximum absolute atomic E-state index is 14.4. The number of hydrogen-bond donors (Lipinski definition) is 2. The number of hydrogen-bond acceptors (Lipinski definition) is 4. The largest absolute Gasteiger partial charge is 0.277 e. The molecule has 3 aromatic rings. The highest BCUT2D eigenvalue weighted by atomic mass is 32.2. The fourth-order valence-electron chi connectivity index (χ4n) is 2.29. The van der Waals surface area contributed by atoms with Crippen LogP contribution in [-0.4, -0.2) is 15.7 Å². The minimum Gasteiger partial charge on any atom is -0.277 e. The average molecular weight is 356 g/mol. The number of rotatable bonds is 5. The van der Waals surface area contributed by atoms with E-state index in [2.05, 4.69) is 15.4 Å². The van der Waals surface area contributed by atoms with Gasteiger partial charge in [0.05, 0.1) is 17.4 Å². The van der Waals surface area contributed by atoms with Crippen molar-refractivity contribution in [3.8, 4) is 5.69 Å². The van der Waals surface area contributed by atoms with Crippen LogP contribution in [0.5, 0.6) is 0 Å². The van der Waals surface area contributed by atoms with Crippen molar-refractivity contribution in [2.75, 3.05) is 0 Å². The molecule has 0 spiro atoms. The van der Waals surface area contributed by atoms with Crippen LogP contribution < -0.4 is 10.3 Å². The molecule has 0 aliphatic heterocycles. The van der Waals surface area contributed by atoms with E-state index in [1.54, 1.807) is 23.9 Å². The Morgan fingerprint density at radius 1 is 1.20 bits per heavy atom. The van der Waals surface area contributed by atoms with Crippen molar-refractivity contribution in [3.05, 3.63) is 77.4 Å². The van der Waals surface area contributed by atoms with E-state index in [4.69, 9.17) is 0 Å². The number of hydrazine groups is 1. The molecule has 0 saturated carbocycles. The van der Waals surface area contributed by atoms with Crippen LogP contribution in [0.1, 0.15) is 21.5 Å². The molecule has 0 aliphatic rings. The zero-order chi connectivity index (χ0) is 17.8. The van der Waals surface area contributed by atoms with Gasteiger partial charge in [-0.1, -0.05) is 18.2 Å². The minimum atomic E-state index is -0.547. The van der Waals surface area contributed by atoms with E-state index >= 15 is 0 Å². The molecule has 0 unspecified atom stereocenters. The van der Waals surface area contributed by atoms with E-state index in [-0.39, 0.29) is 5.56 Å². The van der Waals surface area contributed by atoms with Gasteiger partial charge >= 0.3 is 0 Å². The number of aromatic nitrogens is 2. The molecule has 0 atom stereocenters. The summed E-state index contributed by atoms with van der Waals surface area (Å²) >= 11 is 1.24. The minimum absolute atomic E-state index is 0.0377. The Hall–Kier alpha value is -2.64. The predicted octanol–water partition coefficient (Wildman–Crippen LogP) is 3.57. The van der Waals surface area contributed by atoms with E-state index in [0.29, 0.717) is 11.3 Å². The third kappa shape index (κ3) is 4.07. The Morgan fingerprint density at radius 3 is 2.64 bits per heavy atom. The van der Waals surface area contributed by atoms with Crippen molar-refractivity contribution in [2.24, 2.45) is 0 Å². The number of halogens is 1. The predicted molar refractivity (Wildman–Crippen MR) is 95.9 cm³/mol. The molecule has 7 heteroatoms. The summed E-state index contributed by atoms with van der Waals surface area (Å²) in [6.45, 7) is 3.54. The number of amides is 1. The maximum Gasteiger partial charge on any atom is 0.269 e. The van der Waals surface area contributed by atoms with Gasteiger partial charge in [0.15, 0.2) is 0 Å². The molecule has 2 aromatic carbocycles. The standard InChI is InChI=1S/C18H17FN4OS/c1-12-10-20-23(11-12)14-8-13(2)17(19)16(9-14)18(24)21-22-25-15-6-4-3-5-7-15/h3-11,22H,1-2H3,(H,21,24). The highest BCUT2D eigenvalue weighted by molar-refractivity contribution is 7.97. The van der Waals surface area contributed by atoms with Gasteiger partial charge in [0, 0.05) is 11.1 Å². The smallest absolute Gasteiger partial charge is 0.269 e. The number of carbonyl (C=O) groups is 1. The molecule has 1 amide bonds. The first kappa shape index (κ1) is 17.2.